The number of hydrogen-bond donors (Lipinski definition) is 2. The lowest BCUT2D eigenvalue weighted by atomic mass is 9.98. The number of carbonyl (C=O) groups is 1. The zero-order valence-electron chi connectivity index (χ0n) is 20.1. The highest BCUT2D eigenvalue weighted by Crippen LogP contribution is 2.38. The smallest absolute Gasteiger partial charge is 0.225 e. The normalized spacial score (nSPS) is 10.8. The fourth-order valence-electron chi connectivity index (χ4n) is 3.64. The topological polar surface area (TPSA) is 85.6 Å². The lowest BCUT2D eigenvalue weighted by Crippen LogP contribution is -2.22. The molecule has 0 aliphatic rings. The van der Waals surface area contributed by atoms with Crippen molar-refractivity contribution in [3.8, 4) is 33.9 Å². The number of aryl methyl sites for hydroxylation is 1. The van der Waals surface area contributed by atoms with E-state index in [1.807, 2.05) is 38.1 Å². The molecule has 7 nitrogen and oxygen atoms in total. The van der Waals surface area contributed by atoms with Gasteiger partial charge in [0.15, 0.2) is 5.76 Å². The Kier molecular flexibility index (Phi) is 8.49. The average molecular weight is 452 g/mol. The fraction of sp³-hybridized carbons (Fsp3) is 0.385. The van der Waals surface area contributed by atoms with Crippen molar-refractivity contribution in [3.63, 3.8) is 0 Å². The summed E-state index contributed by atoms with van der Waals surface area (Å²) in [7, 11) is 3.24. The average Bonchev–Trinajstić information content (AvgIpc) is 3.30. The van der Waals surface area contributed by atoms with Crippen molar-refractivity contribution in [1.82, 2.24) is 10.5 Å². The van der Waals surface area contributed by atoms with Gasteiger partial charge in [-0.25, -0.2) is 0 Å². The van der Waals surface area contributed by atoms with Crippen molar-refractivity contribution >= 4 is 11.6 Å². The Labute approximate surface area is 195 Å². The number of ether oxygens (including phenoxy) is 2. The lowest BCUT2D eigenvalue weighted by Gasteiger charge is -2.13. The molecule has 0 radical (unpaired) electrons. The molecule has 0 bridgehead atoms. The van der Waals surface area contributed by atoms with Crippen molar-refractivity contribution in [1.29, 1.82) is 0 Å². The van der Waals surface area contributed by atoms with Crippen LogP contribution in [0.4, 0.5) is 5.69 Å². The second-order valence-corrected chi connectivity index (χ2v) is 8.01. The van der Waals surface area contributed by atoms with Crippen LogP contribution in [0.1, 0.15) is 37.3 Å². The number of nitrogens with zero attached hydrogens (tertiary/aromatic N) is 1. The Balaban J connectivity index is 1.85. The molecule has 0 aliphatic heterocycles. The van der Waals surface area contributed by atoms with E-state index < -0.39 is 0 Å². The van der Waals surface area contributed by atoms with Crippen LogP contribution in [-0.2, 0) is 4.79 Å². The summed E-state index contributed by atoms with van der Waals surface area (Å²) in [6.45, 7) is 7.76. The summed E-state index contributed by atoms with van der Waals surface area (Å²) >= 11 is 0. The molecule has 7 heteroatoms. The van der Waals surface area contributed by atoms with Gasteiger partial charge in [-0.15, -0.1) is 0 Å². The predicted octanol–water partition coefficient (Wildman–Crippen LogP) is 5.36. The van der Waals surface area contributed by atoms with Crippen molar-refractivity contribution in [3.05, 3.63) is 47.7 Å². The minimum atomic E-state index is -0.0705. The highest BCUT2D eigenvalue weighted by Gasteiger charge is 2.18. The van der Waals surface area contributed by atoms with Gasteiger partial charge in [0, 0.05) is 24.1 Å². The predicted molar refractivity (Wildman–Crippen MR) is 131 cm³/mol. The minimum Gasteiger partial charge on any atom is -0.496 e. The fourth-order valence-corrected chi connectivity index (χ4v) is 3.64. The van der Waals surface area contributed by atoms with Crippen LogP contribution in [0.3, 0.4) is 0 Å². The molecule has 1 aromatic heterocycles. The van der Waals surface area contributed by atoms with Crippen LogP contribution in [0.25, 0.3) is 22.5 Å². The molecule has 176 valence electrons. The summed E-state index contributed by atoms with van der Waals surface area (Å²) in [5, 5.41) is 10.3. The van der Waals surface area contributed by atoms with Gasteiger partial charge >= 0.3 is 0 Å². The highest BCUT2D eigenvalue weighted by molar-refractivity contribution is 5.94. The molecule has 0 saturated carbocycles. The van der Waals surface area contributed by atoms with E-state index in [1.54, 1.807) is 20.4 Å². The van der Waals surface area contributed by atoms with Gasteiger partial charge in [0.1, 0.15) is 11.5 Å². The molecular formula is C26H33N3O4. The third-order valence-electron chi connectivity index (χ3n) is 5.69. The first-order valence-electron chi connectivity index (χ1n) is 11.3. The van der Waals surface area contributed by atoms with Gasteiger partial charge in [-0.1, -0.05) is 24.6 Å². The quantitative estimate of drug-likeness (QED) is 0.382. The molecule has 2 aromatic carbocycles. The lowest BCUT2D eigenvalue weighted by molar-refractivity contribution is -0.116. The molecule has 1 amide bonds. The summed E-state index contributed by atoms with van der Waals surface area (Å²) in [5.41, 5.74) is 5.35. The third-order valence-corrected chi connectivity index (χ3v) is 5.69. The molecule has 0 atom stereocenters. The Morgan fingerprint density at radius 1 is 1.03 bits per heavy atom. The van der Waals surface area contributed by atoms with Gasteiger partial charge in [-0.3, -0.25) is 4.79 Å². The number of amides is 1. The molecule has 0 saturated heterocycles. The molecule has 3 rings (SSSR count). The molecule has 1 heterocycles. The van der Waals surface area contributed by atoms with Crippen LogP contribution in [0.5, 0.6) is 11.5 Å². The molecule has 0 fully saturated rings. The molecule has 0 unspecified atom stereocenters. The summed E-state index contributed by atoms with van der Waals surface area (Å²) in [5.74, 6) is 1.96. The number of carbonyl (C=O) groups excluding carboxylic acids is 1. The van der Waals surface area contributed by atoms with Crippen LogP contribution < -0.4 is 20.1 Å². The highest BCUT2D eigenvalue weighted by atomic mass is 16.5. The van der Waals surface area contributed by atoms with E-state index in [-0.39, 0.29) is 5.91 Å². The Morgan fingerprint density at radius 3 is 2.55 bits per heavy atom. The van der Waals surface area contributed by atoms with Gasteiger partial charge in [-0.2, -0.15) is 0 Å². The molecule has 0 aliphatic carbocycles. The molecule has 0 spiro atoms. The van der Waals surface area contributed by atoms with Crippen LogP contribution >= 0.6 is 0 Å². The van der Waals surface area contributed by atoms with E-state index in [1.165, 1.54) is 0 Å². The van der Waals surface area contributed by atoms with E-state index in [4.69, 9.17) is 14.0 Å². The number of nitrogens with one attached hydrogen (secondary N) is 2. The number of anilines is 1. The number of hydrogen-bond acceptors (Lipinski definition) is 6. The van der Waals surface area contributed by atoms with E-state index >= 15 is 0 Å². The van der Waals surface area contributed by atoms with Gasteiger partial charge in [0.25, 0.3) is 0 Å². The molecule has 2 N–H and O–H groups in total. The van der Waals surface area contributed by atoms with Crippen molar-refractivity contribution in [2.45, 2.75) is 40.0 Å². The zero-order chi connectivity index (χ0) is 23.8. The zero-order valence-corrected chi connectivity index (χ0v) is 20.1. The second-order valence-electron chi connectivity index (χ2n) is 8.01. The number of unbranched alkanes of at least 4 members (excludes halogenated alkanes) is 1. The number of methoxy groups -OCH3 is 2. The van der Waals surface area contributed by atoms with Gasteiger partial charge < -0.3 is 24.6 Å². The van der Waals surface area contributed by atoms with E-state index in [0.717, 1.165) is 53.0 Å². The van der Waals surface area contributed by atoms with E-state index in [9.17, 15) is 4.79 Å². The van der Waals surface area contributed by atoms with Crippen molar-refractivity contribution < 1.29 is 18.8 Å². The summed E-state index contributed by atoms with van der Waals surface area (Å²) in [6, 6.07) is 9.65. The van der Waals surface area contributed by atoms with Gasteiger partial charge in [0.05, 0.1) is 26.1 Å². The maximum absolute atomic E-state index is 12.5. The van der Waals surface area contributed by atoms with Gasteiger partial charge in [-0.05, 0) is 67.8 Å². The van der Waals surface area contributed by atoms with Gasteiger partial charge in [0.2, 0.25) is 5.91 Å². The van der Waals surface area contributed by atoms with E-state index in [2.05, 4.69) is 28.8 Å². The first kappa shape index (κ1) is 24.3. The van der Waals surface area contributed by atoms with Crippen molar-refractivity contribution in [2.24, 2.45) is 0 Å². The summed E-state index contributed by atoms with van der Waals surface area (Å²) in [4.78, 5) is 12.5. The summed E-state index contributed by atoms with van der Waals surface area (Å²) < 4.78 is 16.6. The first-order valence-corrected chi connectivity index (χ1v) is 11.3. The van der Waals surface area contributed by atoms with Crippen LogP contribution in [-0.4, -0.2) is 38.4 Å². The number of benzene rings is 2. The molecule has 3 aromatic rings. The van der Waals surface area contributed by atoms with Crippen LogP contribution in [0.15, 0.2) is 41.1 Å². The standard InChI is InChI=1S/C26H33N3O4/c1-6-7-11-27-12-10-25(30)29-22-14-19(8-9-23(22)31-4)21-16-28-33-26(21)20-13-17(2)18(3)24(15-20)32-5/h8-9,13-16,27H,6-7,10-12H2,1-5H3,(H,29,30). The SMILES string of the molecule is CCCCNCCC(=O)Nc1cc(-c2cnoc2-c2cc(C)c(C)c(OC)c2)ccc1OC. The number of aromatic nitrogens is 1. The molecular weight excluding hydrogens is 418 g/mol. The Morgan fingerprint density at radius 2 is 1.82 bits per heavy atom. The monoisotopic (exact) mass is 451 g/mol. The summed E-state index contributed by atoms with van der Waals surface area (Å²) in [6.07, 6.45) is 4.30. The maximum atomic E-state index is 12.5. The van der Waals surface area contributed by atoms with E-state index in [0.29, 0.717) is 30.2 Å². The largest absolute Gasteiger partial charge is 0.496 e. The van der Waals surface area contributed by atoms with Crippen LogP contribution in [0.2, 0.25) is 0 Å². The third kappa shape index (κ3) is 5.93. The second kappa shape index (κ2) is 11.5. The Bertz CT molecular complexity index is 1090. The molecule has 33 heavy (non-hydrogen) atoms. The maximum Gasteiger partial charge on any atom is 0.225 e. The first-order chi connectivity index (χ1) is 16.0. The van der Waals surface area contributed by atoms with Crippen LogP contribution in [0, 0.1) is 13.8 Å². The van der Waals surface area contributed by atoms with Crippen molar-refractivity contribution in [2.75, 3.05) is 32.6 Å². The minimum absolute atomic E-state index is 0.0705. The Hall–Kier alpha value is -3.32. The number of rotatable bonds is 11.